The number of guanidine groups is 1. The molecule has 2 rings (SSSR count). The highest BCUT2D eigenvalue weighted by Gasteiger charge is 2.15. The van der Waals surface area contributed by atoms with Gasteiger partial charge in [-0.25, -0.2) is 0 Å². The zero-order valence-corrected chi connectivity index (χ0v) is 13.5. The number of rotatable bonds is 2. The number of aryl methyl sites for hydroxylation is 1. The first kappa shape index (κ1) is 15.3. The van der Waals surface area contributed by atoms with Crippen LogP contribution in [0.1, 0.15) is 24.0 Å². The molecule has 0 bridgehead atoms. The molecule has 0 atom stereocenters. The number of hydrogen-bond acceptors (Lipinski definition) is 1. The molecule has 1 aromatic carbocycles. The van der Waals surface area contributed by atoms with Gasteiger partial charge in [-0.05, 0) is 30.9 Å². The Balaban J connectivity index is 0.00000162. The molecule has 0 radical (unpaired) electrons. The van der Waals surface area contributed by atoms with E-state index in [1.165, 1.54) is 24.0 Å². The van der Waals surface area contributed by atoms with Crippen LogP contribution in [0.2, 0.25) is 0 Å². The fourth-order valence-electron chi connectivity index (χ4n) is 2.24. The Labute approximate surface area is 127 Å². The van der Waals surface area contributed by atoms with Gasteiger partial charge in [-0.1, -0.05) is 24.3 Å². The second kappa shape index (κ2) is 7.61. The van der Waals surface area contributed by atoms with E-state index >= 15 is 0 Å². The first-order valence-corrected chi connectivity index (χ1v) is 6.31. The maximum absolute atomic E-state index is 4.35. The Hall–Kier alpha value is -0.780. The second-order valence-electron chi connectivity index (χ2n) is 4.52. The summed E-state index contributed by atoms with van der Waals surface area (Å²) in [6.07, 6.45) is 2.57. The number of nitrogens with one attached hydrogen (secondary N) is 1. The molecule has 1 saturated heterocycles. The average molecular weight is 359 g/mol. The predicted octanol–water partition coefficient (Wildman–Crippen LogP) is 2.78. The zero-order valence-electron chi connectivity index (χ0n) is 11.1. The number of halogens is 1. The molecule has 3 nitrogen and oxygen atoms in total. The molecule has 4 heteroatoms. The van der Waals surface area contributed by atoms with Crippen molar-refractivity contribution in [1.82, 2.24) is 10.2 Å². The number of likely N-dealkylation sites (tertiary alicyclic amines) is 1. The molecule has 1 fully saturated rings. The van der Waals surface area contributed by atoms with Gasteiger partial charge in [-0.2, -0.15) is 0 Å². The van der Waals surface area contributed by atoms with Crippen molar-refractivity contribution in [2.75, 3.05) is 20.1 Å². The van der Waals surface area contributed by atoms with Crippen LogP contribution in [0.5, 0.6) is 0 Å². The Morgan fingerprint density at radius 3 is 2.56 bits per heavy atom. The highest BCUT2D eigenvalue weighted by molar-refractivity contribution is 14.0. The molecule has 1 aliphatic rings. The highest BCUT2D eigenvalue weighted by atomic mass is 127. The Kier molecular flexibility index (Phi) is 6.46. The molecule has 1 heterocycles. The van der Waals surface area contributed by atoms with Crippen molar-refractivity contribution in [3.05, 3.63) is 35.4 Å². The van der Waals surface area contributed by atoms with Crippen molar-refractivity contribution in [2.24, 2.45) is 4.99 Å². The highest BCUT2D eigenvalue weighted by Crippen LogP contribution is 2.09. The van der Waals surface area contributed by atoms with Crippen molar-refractivity contribution in [3.8, 4) is 0 Å². The number of nitrogens with zero attached hydrogens (tertiary/aromatic N) is 2. The fraction of sp³-hybridized carbons (Fsp3) is 0.500. The third-order valence-electron chi connectivity index (χ3n) is 3.32. The third-order valence-corrected chi connectivity index (χ3v) is 3.32. The van der Waals surface area contributed by atoms with Gasteiger partial charge in [-0.15, -0.1) is 24.0 Å². The van der Waals surface area contributed by atoms with Gasteiger partial charge in [-0.3, -0.25) is 4.99 Å². The smallest absolute Gasteiger partial charge is 0.193 e. The Morgan fingerprint density at radius 1 is 1.28 bits per heavy atom. The summed E-state index contributed by atoms with van der Waals surface area (Å²) < 4.78 is 0. The van der Waals surface area contributed by atoms with E-state index in [0.29, 0.717) is 0 Å². The van der Waals surface area contributed by atoms with Gasteiger partial charge in [0, 0.05) is 26.7 Å². The van der Waals surface area contributed by atoms with Crippen LogP contribution >= 0.6 is 24.0 Å². The quantitative estimate of drug-likeness (QED) is 0.500. The van der Waals surface area contributed by atoms with Crippen LogP contribution in [0.4, 0.5) is 0 Å². The largest absolute Gasteiger partial charge is 0.352 e. The topological polar surface area (TPSA) is 27.6 Å². The predicted molar refractivity (Wildman–Crippen MR) is 87.6 cm³/mol. The van der Waals surface area contributed by atoms with E-state index in [0.717, 1.165) is 25.6 Å². The van der Waals surface area contributed by atoms with Gasteiger partial charge in [0.15, 0.2) is 5.96 Å². The molecule has 1 aromatic rings. The number of hydrogen-bond donors (Lipinski definition) is 1. The normalized spacial score (nSPS) is 15.4. The lowest BCUT2D eigenvalue weighted by Gasteiger charge is -2.21. The Bertz CT molecular complexity index is 398. The standard InChI is InChI=1S/C14H21N3.HI/c1-12-7-3-4-8-13(12)11-16-14(15-2)17-9-5-6-10-17;/h3-4,7-8H,5-6,9-11H2,1-2H3,(H,15,16);1H. The molecule has 100 valence electrons. The van der Waals surface area contributed by atoms with Gasteiger partial charge in [0.25, 0.3) is 0 Å². The molecule has 0 amide bonds. The minimum absolute atomic E-state index is 0. The second-order valence-corrected chi connectivity index (χ2v) is 4.52. The van der Waals surface area contributed by atoms with Crippen LogP contribution in [-0.4, -0.2) is 31.0 Å². The van der Waals surface area contributed by atoms with Gasteiger partial charge in [0.2, 0.25) is 0 Å². The lowest BCUT2D eigenvalue weighted by molar-refractivity contribution is 0.493. The summed E-state index contributed by atoms with van der Waals surface area (Å²) in [6.45, 7) is 5.27. The summed E-state index contributed by atoms with van der Waals surface area (Å²) >= 11 is 0. The maximum atomic E-state index is 4.35. The van der Waals surface area contributed by atoms with E-state index in [2.05, 4.69) is 46.4 Å². The fourth-order valence-corrected chi connectivity index (χ4v) is 2.24. The maximum Gasteiger partial charge on any atom is 0.193 e. The zero-order chi connectivity index (χ0) is 12.1. The summed E-state index contributed by atoms with van der Waals surface area (Å²) in [5.74, 6) is 1.03. The molecule has 0 unspecified atom stereocenters. The van der Waals surface area contributed by atoms with Crippen LogP contribution in [0, 0.1) is 6.92 Å². The van der Waals surface area contributed by atoms with Crippen molar-refractivity contribution in [3.63, 3.8) is 0 Å². The Morgan fingerprint density at radius 2 is 1.94 bits per heavy atom. The molecule has 0 spiro atoms. The minimum atomic E-state index is 0. The molecule has 18 heavy (non-hydrogen) atoms. The van der Waals surface area contributed by atoms with Crippen LogP contribution < -0.4 is 5.32 Å². The lowest BCUT2D eigenvalue weighted by Crippen LogP contribution is -2.39. The van der Waals surface area contributed by atoms with Gasteiger partial charge in [0.1, 0.15) is 0 Å². The van der Waals surface area contributed by atoms with Gasteiger partial charge >= 0.3 is 0 Å². The van der Waals surface area contributed by atoms with Crippen molar-refractivity contribution in [2.45, 2.75) is 26.3 Å². The van der Waals surface area contributed by atoms with Gasteiger partial charge < -0.3 is 10.2 Å². The lowest BCUT2D eigenvalue weighted by atomic mass is 10.1. The molecule has 1 aliphatic heterocycles. The molecule has 0 aliphatic carbocycles. The van der Waals surface area contributed by atoms with Crippen molar-refractivity contribution in [1.29, 1.82) is 0 Å². The van der Waals surface area contributed by atoms with Crippen LogP contribution in [0.25, 0.3) is 0 Å². The van der Waals surface area contributed by atoms with E-state index < -0.39 is 0 Å². The molecular formula is C14H22IN3. The molecular weight excluding hydrogens is 337 g/mol. The number of aliphatic imine (C=N–C) groups is 1. The van der Waals surface area contributed by atoms with E-state index in [1.807, 2.05) is 7.05 Å². The third kappa shape index (κ3) is 3.86. The summed E-state index contributed by atoms with van der Waals surface area (Å²) in [7, 11) is 1.86. The van der Waals surface area contributed by atoms with Crippen LogP contribution in [-0.2, 0) is 6.54 Å². The summed E-state index contributed by atoms with van der Waals surface area (Å²) in [4.78, 5) is 6.68. The average Bonchev–Trinajstić information content (AvgIpc) is 2.86. The van der Waals surface area contributed by atoms with E-state index in [4.69, 9.17) is 0 Å². The summed E-state index contributed by atoms with van der Waals surface area (Å²) in [6, 6.07) is 8.48. The number of benzene rings is 1. The monoisotopic (exact) mass is 359 g/mol. The minimum Gasteiger partial charge on any atom is -0.352 e. The molecule has 0 aromatic heterocycles. The summed E-state index contributed by atoms with van der Waals surface area (Å²) in [5, 5.41) is 3.44. The SMILES string of the molecule is CN=C(NCc1ccccc1C)N1CCCC1.I. The van der Waals surface area contributed by atoms with Crippen molar-refractivity contribution < 1.29 is 0 Å². The first-order valence-electron chi connectivity index (χ1n) is 6.31. The summed E-state index contributed by atoms with van der Waals surface area (Å²) in [5.41, 5.74) is 2.67. The molecule has 1 N–H and O–H groups in total. The van der Waals surface area contributed by atoms with Crippen molar-refractivity contribution >= 4 is 29.9 Å². The van der Waals surface area contributed by atoms with Crippen LogP contribution in [0.15, 0.2) is 29.3 Å². The first-order chi connectivity index (χ1) is 8.31. The van der Waals surface area contributed by atoms with E-state index in [1.54, 1.807) is 0 Å². The van der Waals surface area contributed by atoms with Gasteiger partial charge in [0.05, 0.1) is 0 Å². The van der Waals surface area contributed by atoms with E-state index in [9.17, 15) is 0 Å². The van der Waals surface area contributed by atoms with E-state index in [-0.39, 0.29) is 24.0 Å². The molecule has 0 saturated carbocycles. The van der Waals surface area contributed by atoms with Crippen LogP contribution in [0.3, 0.4) is 0 Å².